The molecule has 0 saturated carbocycles. The van der Waals surface area contributed by atoms with Crippen LogP contribution in [-0.2, 0) is 27.3 Å². The molecule has 3 rings (SSSR count). The molecule has 0 aliphatic heterocycles. The molecule has 35 heavy (non-hydrogen) atoms. The maximum Gasteiger partial charge on any atom is 0.501 e. The van der Waals surface area contributed by atoms with Crippen LogP contribution in [-0.4, -0.2) is 28.2 Å². The SMILES string of the molecule is Cc1ccc(COc2ccc(S(=O)(=O)C(F)(F)F)c3c2CC(F)(F)[C@H]3O[Si](C)(C)C(C)(C)C)cc1. The minimum Gasteiger partial charge on any atom is -0.489 e. The van der Waals surface area contributed by atoms with Crippen LogP contribution < -0.4 is 4.74 Å². The fourth-order valence-electron chi connectivity index (χ4n) is 3.59. The summed E-state index contributed by atoms with van der Waals surface area (Å²) < 4.78 is 108. The maximum atomic E-state index is 15.3. The zero-order valence-corrected chi connectivity index (χ0v) is 22.2. The smallest absolute Gasteiger partial charge is 0.489 e. The predicted molar refractivity (Wildman–Crippen MR) is 125 cm³/mol. The van der Waals surface area contributed by atoms with E-state index in [4.69, 9.17) is 9.16 Å². The number of aryl methyl sites for hydroxylation is 1. The molecule has 0 saturated heterocycles. The number of benzene rings is 2. The normalized spacial score (nSPS) is 18.4. The van der Waals surface area contributed by atoms with E-state index in [0.29, 0.717) is 6.07 Å². The maximum absolute atomic E-state index is 15.3. The largest absolute Gasteiger partial charge is 0.501 e. The van der Waals surface area contributed by atoms with Crippen molar-refractivity contribution in [2.24, 2.45) is 0 Å². The fourth-order valence-corrected chi connectivity index (χ4v) is 5.84. The molecule has 1 atom stereocenters. The first-order valence-electron chi connectivity index (χ1n) is 11.0. The second kappa shape index (κ2) is 8.84. The van der Waals surface area contributed by atoms with Gasteiger partial charge in [-0.15, -0.1) is 0 Å². The number of fused-ring (bicyclic) bond motifs is 1. The number of rotatable bonds is 6. The van der Waals surface area contributed by atoms with E-state index in [1.807, 2.05) is 19.1 Å². The quantitative estimate of drug-likeness (QED) is 0.291. The number of ether oxygens (including phenoxy) is 1. The van der Waals surface area contributed by atoms with E-state index in [2.05, 4.69) is 0 Å². The van der Waals surface area contributed by atoms with Crippen LogP contribution in [0.25, 0.3) is 0 Å². The van der Waals surface area contributed by atoms with E-state index in [-0.39, 0.29) is 17.9 Å². The molecule has 2 aromatic carbocycles. The molecule has 4 nitrogen and oxygen atoms in total. The first kappa shape index (κ1) is 27.6. The van der Waals surface area contributed by atoms with E-state index in [0.717, 1.165) is 17.2 Å². The Bertz CT molecular complexity index is 1200. The van der Waals surface area contributed by atoms with E-state index < -0.39 is 57.6 Å². The van der Waals surface area contributed by atoms with Crippen molar-refractivity contribution in [3.8, 4) is 5.75 Å². The lowest BCUT2D eigenvalue weighted by Gasteiger charge is -2.40. The van der Waals surface area contributed by atoms with Crippen LogP contribution in [0.4, 0.5) is 22.0 Å². The van der Waals surface area contributed by atoms with Crippen molar-refractivity contribution in [2.45, 2.75) is 81.3 Å². The van der Waals surface area contributed by atoms with Gasteiger partial charge in [0.1, 0.15) is 18.5 Å². The van der Waals surface area contributed by atoms with Crippen LogP contribution in [0.3, 0.4) is 0 Å². The highest BCUT2D eigenvalue weighted by Gasteiger charge is 2.58. The zero-order chi connectivity index (χ0) is 26.6. The molecular formula is C24H29F5O4SSi. The predicted octanol–water partition coefficient (Wildman–Crippen LogP) is 7.12. The van der Waals surface area contributed by atoms with Crippen molar-refractivity contribution in [1.82, 2.24) is 0 Å². The molecule has 2 aromatic rings. The molecule has 0 N–H and O–H groups in total. The summed E-state index contributed by atoms with van der Waals surface area (Å²) >= 11 is 0. The second-order valence-electron chi connectivity index (χ2n) is 10.4. The molecule has 0 aromatic heterocycles. The molecule has 0 fully saturated rings. The first-order chi connectivity index (χ1) is 15.8. The molecule has 194 valence electrons. The molecule has 0 radical (unpaired) electrons. The van der Waals surface area contributed by atoms with Crippen LogP contribution in [0.5, 0.6) is 5.75 Å². The van der Waals surface area contributed by atoms with Crippen LogP contribution >= 0.6 is 0 Å². The molecule has 0 unspecified atom stereocenters. The van der Waals surface area contributed by atoms with Crippen LogP contribution in [0, 0.1) is 6.92 Å². The van der Waals surface area contributed by atoms with Gasteiger partial charge in [-0.1, -0.05) is 50.6 Å². The Morgan fingerprint density at radius 1 is 1.03 bits per heavy atom. The summed E-state index contributed by atoms with van der Waals surface area (Å²) in [6.07, 6.45) is -3.14. The Labute approximate surface area is 203 Å². The highest BCUT2D eigenvalue weighted by atomic mass is 32.2. The second-order valence-corrected chi connectivity index (χ2v) is 17.0. The third-order valence-corrected chi connectivity index (χ3v) is 12.6. The average Bonchev–Trinajstić information content (AvgIpc) is 2.95. The van der Waals surface area contributed by atoms with E-state index in [9.17, 15) is 21.6 Å². The molecule has 0 spiro atoms. The summed E-state index contributed by atoms with van der Waals surface area (Å²) in [4.78, 5) is -1.22. The molecule has 1 aliphatic rings. The van der Waals surface area contributed by atoms with Crippen LogP contribution in [0.15, 0.2) is 41.3 Å². The highest BCUT2D eigenvalue weighted by molar-refractivity contribution is 7.92. The van der Waals surface area contributed by atoms with Gasteiger partial charge in [0.2, 0.25) is 0 Å². The summed E-state index contributed by atoms with van der Waals surface area (Å²) in [6.45, 7) is 10.6. The van der Waals surface area contributed by atoms with Gasteiger partial charge in [-0.3, -0.25) is 0 Å². The van der Waals surface area contributed by atoms with Crippen molar-refractivity contribution in [1.29, 1.82) is 0 Å². The van der Waals surface area contributed by atoms with Gasteiger partial charge in [0, 0.05) is 17.5 Å². The van der Waals surface area contributed by atoms with Gasteiger partial charge >= 0.3 is 5.51 Å². The van der Waals surface area contributed by atoms with E-state index >= 15 is 8.78 Å². The Balaban J connectivity index is 2.16. The standard InChI is InChI=1S/C24H29F5O4SSi/c1-15-7-9-16(10-8-15)14-32-18-11-12-19(34(30,31)24(27,28)29)20-17(18)13-23(25,26)21(20)33-35(5,6)22(2,3)4/h7-12,21H,13-14H2,1-6H3/t21-/m0/s1. The first-order valence-corrected chi connectivity index (χ1v) is 15.4. The topological polar surface area (TPSA) is 52.6 Å². The Hall–Kier alpha value is -1.98. The number of halogens is 5. The number of alkyl halides is 5. The summed E-state index contributed by atoms with van der Waals surface area (Å²) in [5, 5.41) is -0.547. The van der Waals surface area contributed by atoms with Gasteiger partial charge < -0.3 is 9.16 Å². The summed E-state index contributed by atoms with van der Waals surface area (Å²) in [5.74, 6) is -3.72. The van der Waals surface area contributed by atoms with Gasteiger partial charge in [0.05, 0.1) is 4.90 Å². The fraction of sp³-hybridized carbons (Fsp3) is 0.500. The van der Waals surface area contributed by atoms with Gasteiger partial charge in [-0.05, 0) is 42.8 Å². The molecule has 1 aliphatic carbocycles. The third-order valence-electron chi connectivity index (χ3n) is 6.66. The third kappa shape index (κ3) is 5.27. The molecule has 11 heteroatoms. The van der Waals surface area contributed by atoms with Crippen molar-refractivity contribution in [2.75, 3.05) is 0 Å². The lowest BCUT2D eigenvalue weighted by Crippen LogP contribution is -2.44. The number of hydrogen-bond donors (Lipinski definition) is 0. The molecule has 0 amide bonds. The lowest BCUT2D eigenvalue weighted by atomic mass is 10.1. The summed E-state index contributed by atoms with van der Waals surface area (Å²) in [5.41, 5.74) is -4.89. The molecular weight excluding hydrogens is 507 g/mol. The van der Waals surface area contributed by atoms with Crippen molar-refractivity contribution in [3.63, 3.8) is 0 Å². The van der Waals surface area contributed by atoms with E-state index in [1.54, 1.807) is 46.0 Å². The van der Waals surface area contributed by atoms with Gasteiger partial charge in [-0.2, -0.15) is 13.2 Å². The van der Waals surface area contributed by atoms with Crippen LogP contribution in [0.2, 0.25) is 18.1 Å². The molecule has 0 heterocycles. The highest BCUT2D eigenvalue weighted by Crippen LogP contribution is 2.54. The van der Waals surface area contributed by atoms with Gasteiger partial charge in [0.15, 0.2) is 8.32 Å². The van der Waals surface area contributed by atoms with Gasteiger partial charge in [0.25, 0.3) is 15.8 Å². The lowest BCUT2D eigenvalue weighted by molar-refractivity contribution is -0.0911. The minimum atomic E-state index is -5.92. The van der Waals surface area contributed by atoms with Crippen molar-refractivity contribution >= 4 is 18.2 Å². The Morgan fingerprint density at radius 3 is 2.11 bits per heavy atom. The monoisotopic (exact) mass is 536 g/mol. The minimum absolute atomic E-state index is 0.0303. The summed E-state index contributed by atoms with van der Waals surface area (Å²) in [7, 11) is -8.86. The average molecular weight is 537 g/mol. The van der Waals surface area contributed by atoms with Gasteiger partial charge in [-0.25, -0.2) is 17.2 Å². The zero-order valence-electron chi connectivity index (χ0n) is 20.4. The Kier molecular flexibility index (Phi) is 6.97. The van der Waals surface area contributed by atoms with E-state index in [1.165, 1.54) is 0 Å². The number of hydrogen-bond acceptors (Lipinski definition) is 4. The Morgan fingerprint density at radius 2 is 1.60 bits per heavy atom. The summed E-state index contributed by atoms with van der Waals surface area (Å²) in [6, 6.07) is 8.91. The van der Waals surface area contributed by atoms with Crippen LogP contribution in [0.1, 0.15) is 49.1 Å². The van der Waals surface area contributed by atoms with Crippen molar-refractivity contribution < 1.29 is 39.5 Å². The number of sulfone groups is 1. The molecule has 0 bridgehead atoms. The van der Waals surface area contributed by atoms with Crippen molar-refractivity contribution in [3.05, 3.63) is 58.7 Å².